The Bertz CT molecular complexity index is 178. The van der Waals surface area contributed by atoms with Crippen LogP contribution >= 0.6 is 11.8 Å². The molecular weight excluding hydrogens is 186 g/mol. The molecule has 5 heteroatoms. The number of carboxylic acids is 1. The van der Waals surface area contributed by atoms with Crippen molar-refractivity contribution < 1.29 is 18.7 Å². The average Bonchev–Trinajstić information content (AvgIpc) is 2.32. The van der Waals surface area contributed by atoms with E-state index in [0.717, 1.165) is 5.75 Å². The van der Waals surface area contributed by atoms with Gasteiger partial charge in [-0.25, -0.2) is 8.78 Å². The van der Waals surface area contributed by atoms with E-state index in [1.807, 2.05) is 0 Å². The molecule has 1 unspecified atom stereocenters. The summed E-state index contributed by atoms with van der Waals surface area (Å²) in [5.74, 6) is -4.06. The average molecular weight is 196 g/mol. The van der Waals surface area contributed by atoms with E-state index in [1.54, 1.807) is 0 Å². The molecule has 0 spiro atoms. The van der Waals surface area contributed by atoms with Gasteiger partial charge in [0.05, 0.1) is 0 Å². The second kappa shape index (κ2) is 3.60. The number of alkyl halides is 2. The lowest BCUT2D eigenvalue weighted by Crippen LogP contribution is -2.30. The van der Waals surface area contributed by atoms with Crippen molar-refractivity contribution in [3.05, 3.63) is 0 Å². The van der Waals surface area contributed by atoms with Crippen LogP contribution in [0.5, 0.6) is 0 Å². The number of hydrogen-bond acceptors (Lipinski definition) is 2. The predicted molar refractivity (Wildman–Crippen MR) is 42.6 cm³/mol. The molecule has 0 radical (unpaired) electrons. The first-order valence-corrected chi connectivity index (χ1v) is 4.85. The Morgan fingerprint density at radius 2 is 2.33 bits per heavy atom. The molecule has 0 amide bonds. The van der Waals surface area contributed by atoms with Crippen molar-refractivity contribution in [3.63, 3.8) is 0 Å². The smallest absolute Gasteiger partial charge is 0.309 e. The van der Waals surface area contributed by atoms with Gasteiger partial charge >= 0.3 is 5.97 Å². The largest absolute Gasteiger partial charge is 0.481 e. The number of carboxylic acid groups (broad SMARTS) is 1. The van der Waals surface area contributed by atoms with E-state index in [9.17, 15) is 13.6 Å². The highest BCUT2D eigenvalue weighted by Crippen LogP contribution is 2.38. The van der Waals surface area contributed by atoms with E-state index in [4.69, 9.17) is 5.11 Å². The first kappa shape index (κ1) is 9.77. The van der Waals surface area contributed by atoms with Crippen LogP contribution in [0.15, 0.2) is 0 Å². The Morgan fingerprint density at radius 1 is 1.67 bits per heavy atom. The highest BCUT2D eigenvalue weighted by atomic mass is 32.2. The van der Waals surface area contributed by atoms with Crippen LogP contribution < -0.4 is 0 Å². The molecule has 1 saturated heterocycles. The number of thioether (sulfide) groups is 1. The Kier molecular flexibility index (Phi) is 2.93. The molecule has 0 bridgehead atoms. The van der Waals surface area contributed by atoms with Crippen molar-refractivity contribution in [2.24, 2.45) is 5.92 Å². The zero-order valence-electron chi connectivity index (χ0n) is 6.43. The standard InChI is InChI=1S/C7H10F2O2S/c8-7(9,3-6(10)11)5-1-2-12-4-5/h5H,1-4H2,(H,10,11). The van der Waals surface area contributed by atoms with Crippen LogP contribution in [0.3, 0.4) is 0 Å². The highest BCUT2D eigenvalue weighted by Gasteiger charge is 2.42. The second-order valence-electron chi connectivity index (χ2n) is 2.89. The summed E-state index contributed by atoms with van der Waals surface area (Å²) in [6.45, 7) is 0. The molecule has 1 aliphatic rings. The fourth-order valence-electron chi connectivity index (χ4n) is 1.21. The molecule has 1 aliphatic heterocycles. The lowest BCUT2D eigenvalue weighted by Gasteiger charge is -2.20. The Labute approximate surface area is 73.3 Å². The molecule has 0 aliphatic carbocycles. The monoisotopic (exact) mass is 196 g/mol. The summed E-state index contributed by atoms with van der Waals surface area (Å²) < 4.78 is 26.0. The van der Waals surface area contributed by atoms with Gasteiger partial charge in [-0.15, -0.1) is 0 Å². The van der Waals surface area contributed by atoms with Gasteiger partial charge in [0.15, 0.2) is 0 Å². The minimum Gasteiger partial charge on any atom is -0.481 e. The normalized spacial score (nSPS) is 24.3. The Balaban J connectivity index is 2.50. The quantitative estimate of drug-likeness (QED) is 0.748. The highest BCUT2D eigenvalue weighted by molar-refractivity contribution is 7.99. The molecule has 1 atom stereocenters. The number of halogens is 2. The van der Waals surface area contributed by atoms with Crippen LogP contribution in [-0.2, 0) is 4.79 Å². The van der Waals surface area contributed by atoms with Crippen molar-refractivity contribution >= 4 is 17.7 Å². The third-order valence-electron chi connectivity index (χ3n) is 1.91. The zero-order chi connectivity index (χ0) is 9.19. The van der Waals surface area contributed by atoms with Gasteiger partial charge in [-0.05, 0) is 12.2 Å². The van der Waals surface area contributed by atoms with Crippen molar-refractivity contribution in [3.8, 4) is 0 Å². The molecule has 12 heavy (non-hydrogen) atoms. The predicted octanol–water partition coefficient (Wildman–Crippen LogP) is 1.85. The minimum atomic E-state index is -3.02. The van der Waals surface area contributed by atoms with Crippen molar-refractivity contribution in [1.29, 1.82) is 0 Å². The molecule has 1 rings (SSSR count). The molecule has 1 fully saturated rings. The van der Waals surface area contributed by atoms with Crippen molar-refractivity contribution in [1.82, 2.24) is 0 Å². The van der Waals surface area contributed by atoms with Crippen LogP contribution in [0.4, 0.5) is 8.78 Å². The number of hydrogen-bond donors (Lipinski definition) is 1. The van der Waals surface area contributed by atoms with E-state index in [0.29, 0.717) is 12.2 Å². The topological polar surface area (TPSA) is 37.3 Å². The summed E-state index contributed by atoms with van der Waals surface area (Å²) in [5.41, 5.74) is 0. The molecule has 0 aromatic carbocycles. The maximum Gasteiger partial charge on any atom is 0.309 e. The van der Waals surface area contributed by atoms with Crippen LogP contribution in [0.1, 0.15) is 12.8 Å². The van der Waals surface area contributed by atoms with E-state index < -0.39 is 24.2 Å². The summed E-state index contributed by atoms with van der Waals surface area (Å²) in [6.07, 6.45) is -0.594. The van der Waals surface area contributed by atoms with Gasteiger partial charge in [-0.3, -0.25) is 4.79 Å². The molecule has 0 aromatic rings. The van der Waals surface area contributed by atoms with E-state index in [-0.39, 0.29) is 0 Å². The molecular formula is C7H10F2O2S. The fourth-order valence-corrected chi connectivity index (χ4v) is 2.53. The molecule has 2 nitrogen and oxygen atoms in total. The van der Waals surface area contributed by atoms with Gasteiger partial charge in [-0.1, -0.05) is 0 Å². The van der Waals surface area contributed by atoms with Crippen molar-refractivity contribution in [2.45, 2.75) is 18.8 Å². The van der Waals surface area contributed by atoms with Crippen LogP contribution in [-0.4, -0.2) is 28.5 Å². The van der Waals surface area contributed by atoms with Crippen LogP contribution in [0, 0.1) is 5.92 Å². The number of rotatable bonds is 3. The van der Waals surface area contributed by atoms with Gasteiger partial charge in [0.2, 0.25) is 0 Å². The van der Waals surface area contributed by atoms with Gasteiger partial charge in [0.1, 0.15) is 6.42 Å². The maximum absolute atomic E-state index is 13.0. The van der Waals surface area contributed by atoms with Crippen LogP contribution in [0.25, 0.3) is 0 Å². The van der Waals surface area contributed by atoms with E-state index >= 15 is 0 Å². The molecule has 70 valence electrons. The first-order chi connectivity index (χ1) is 5.52. The SMILES string of the molecule is O=C(O)CC(F)(F)C1CCSC1. The summed E-state index contributed by atoms with van der Waals surface area (Å²) in [6, 6.07) is 0. The summed E-state index contributed by atoms with van der Waals surface area (Å²) >= 11 is 1.46. The summed E-state index contributed by atoms with van der Waals surface area (Å²) in [4.78, 5) is 10.1. The zero-order valence-corrected chi connectivity index (χ0v) is 7.24. The van der Waals surface area contributed by atoms with Gasteiger partial charge < -0.3 is 5.11 Å². The molecule has 0 saturated carbocycles. The van der Waals surface area contributed by atoms with Crippen molar-refractivity contribution in [2.75, 3.05) is 11.5 Å². The fraction of sp³-hybridized carbons (Fsp3) is 0.857. The lowest BCUT2D eigenvalue weighted by molar-refractivity contribution is -0.148. The maximum atomic E-state index is 13.0. The number of carbonyl (C=O) groups is 1. The van der Waals surface area contributed by atoms with Gasteiger partial charge in [-0.2, -0.15) is 11.8 Å². The summed E-state index contributed by atoms with van der Waals surface area (Å²) in [5, 5.41) is 8.22. The number of aliphatic carboxylic acids is 1. The molecule has 1 N–H and O–H groups in total. The lowest BCUT2D eigenvalue weighted by atomic mass is 9.98. The van der Waals surface area contributed by atoms with Crippen LogP contribution in [0.2, 0.25) is 0 Å². The van der Waals surface area contributed by atoms with E-state index in [1.165, 1.54) is 11.8 Å². The molecule has 0 aromatic heterocycles. The third-order valence-corrected chi connectivity index (χ3v) is 3.08. The summed E-state index contributed by atoms with van der Waals surface area (Å²) in [7, 11) is 0. The third kappa shape index (κ3) is 2.33. The first-order valence-electron chi connectivity index (χ1n) is 3.70. The Morgan fingerprint density at radius 3 is 2.75 bits per heavy atom. The Hall–Kier alpha value is -0.320. The van der Waals surface area contributed by atoms with Gasteiger partial charge in [0.25, 0.3) is 5.92 Å². The molecule has 1 heterocycles. The second-order valence-corrected chi connectivity index (χ2v) is 4.04. The van der Waals surface area contributed by atoms with E-state index in [2.05, 4.69) is 0 Å². The minimum absolute atomic E-state index is 0.389. The van der Waals surface area contributed by atoms with Gasteiger partial charge in [0, 0.05) is 11.7 Å².